The maximum atomic E-state index is 13.2. The first-order valence-corrected chi connectivity index (χ1v) is 13.3. The Morgan fingerprint density at radius 3 is 2.54 bits per heavy atom. The molecule has 214 valence electrons. The average Bonchev–Trinajstić information content (AvgIpc) is 3.44. The van der Waals surface area contributed by atoms with Gasteiger partial charge in [-0.1, -0.05) is 33.3 Å². The van der Waals surface area contributed by atoms with Crippen LogP contribution in [0.2, 0.25) is 0 Å². The summed E-state index contributed by atoms with van der Waals surface area (Å²) in [5, 5.41) is 1.89. The zero-order chi connectivity index (χ0) is 28.9. The number of methoxy groups -OCH3 is 1. The molecule has 1 aromatic rings. The number of nitrogens with one attached hydrogen (secondary N) is 1. The van der Waals surface area contributed by atoms with Gasteiger partial charge in [0.2, 0.25) is 11.8 Å². The number of pyridine rings is 1. The molecule has 0 aromatic carbocycles. The summed E-state index contributed by atoms with van der Waals surface area (Å²) in [5.74, 6) is -1.09. The van der Waals surface area contributed by atoms with Crippen molar-refractivity contribution >= 4 is 34.7 Å². The van der Waals surface area contributed by atoms with Crippen LogP contribution < -0.4 is 15.1 Å². The van der Waals surface area contributed by atoms with Crippen molar-refractivity contribution in [3.8, 4) is 0 Å². The molecule has 2 unspecified atom stereocenters. The highest BCUT2D eigenvalue weighted by Gasteiger charge is 2.40. The largest absolute Gasteiger partial charge is 0.495 e. The van der Waals surface area contributed by atoms with Crippen LogP contribution in [0.15, 0.2) is 41.2 Å². The van der Waals surface area contributed by atoms with Crippen LogP contribution in [0.4, 0.5) is 30.4 Å². The van der Waals surface area contributed by atoms with Crippen molar-refractivity contribution in [2.45, 2.75) is 77.6 Å². The topological polar surface area (TPSA) is 87.1 Å². The van der Waals surface area contributed by atoms with Gasteiger partial charge in [0, 0.05) is 19.2 Å². The van der Waals surface area contributed by atoms with Gasteiger partial charge in [-0.3, -0.25) is 9.59 Å². The highest BCUT2D eigenvalue weighted by atomic mass is 19.4. The predicted molar refractivity (Wildman–Crippen MR) is 146 cm³/mol. The fourth-order valence-corrected chi connectivity index (χ4v) is 5.07. The lowest BCUT2D eigenvalue weighted by atomic mass is 10.0. The molecule has 2 atom stereocenters. The smallest absolute Gasteiger partial charge is 0.405 e. The fraction of sp³-hybridized carbons (Fsp3) is 0.571. The van der Waals surface area contributed by atoms with E-state index in [0.29, 0.717) is 35.6 Å². The fourth-order valence-electron chi connectivity index (χ4n) is 5.07. The van der Waals surface area contributed by atoms with Gasteiger partial charge in [-0.2, -0.15) is 13.2 Å². The van der Waals surface area contributed by atoms with Crippen LogP contribution in [-0.2, 0) is 14.3 Å². The van der Waals surface area contributed by atoms with E-state index in [2.05, 4.69) is 16.5 Å². The maximum absolute atomic E-state index is 13.2. The summed E-state index contributed by atoms with van der Waals surface area (Å²) >= 11 is 0. The number of ether oxygens (including phenoxy) is 1. The number of likely N-dealkylation sites (N-methyl/N-ethyl adjacent to an activating group) is 1. The molecule has 8 nitrogen and oxygen atoms in total. The Hall–Kier alpha value is -3.37. The van der Waals surface area contributed by atoms with E-state index in [4.69, 9.17) is 9.73 Å². The number of nitrogens with zero attached hydrogens (tertiary/aromatic N) is 4. The van der Waals surface area contributed by atoms with Crippen LogP contribution >= 0.6 is 0 Å². The number of rotatable bonds is 10. The number of aliphatic imine (C=N–C) groups is 1. The number of allylic oxidation sites excluding steroid dienone is 1. The molecule has 1 N–H and O–H groups in total. The predicted octanol–water partition coefficient (Wildman–Crippen LogP) is 5.47. The number of carbonyl (C=O) groups excluding carboxylic acids is 2. The molecule has 2 aliphatic rings. The summed E-state index contributed by atoms with van der Waals surface area (Å²) < 4.78 is 43.2. The molecule has 1 aliphatic heterocycles. The zero-order valence-corrected chi connectivity index (χ0v) is 23.3. The van der Waals surface area contributed by atoms with Gasteiger partial charge in [-0.05, 0) is 44.3 Å². The van der Waals surface area contributed by atoms with E-state index >= 15 is 0 Å². The Labute approximate surface area is 228 Å². The second kappa shape index (κ2) is 12.7. The summed E-state index contributed by atoms with van der Waals surface area (Å²) in [6.45, 7) is 8.04. The van der Waals surface area contributed by atoms with Crippen LogP contribution in [0, 0.1) is 5.92 Å². The molecule has 2 heterocycles. The van der Waals surface area contributed by atoms with Crippen LogP contribution in [0.5, 0.6) is 0 Å². The van der Waals surface area contributed by atoms with Gasteiger partial charge in [0.1, 0.15) is 24.1 Å². The van der Waals surface area contributed by atoms with Crippen molar-refractivity contribution in [1.82, 2.24) is 10.3 Å². The van der Waals surface area contributed by atoms with Crippen molar-refractivity contribution < 1.29 is 27.5 Å². The number of alkyl halides is 3. The van der Waals surface area contributed by atoms with Gasteiger partial charge in [-0.15, -0.1) is 0 Å². The van der Waals surface area contributed by atoms with Crippen LogP contribution in [0.3, 0.4) is 0 Å². The first kappa shape index (κ1) is 30.2. The lowest BCUT2D eigenvalue weighted by molar-refractivity contribution is -0.139. The van der Waals surface area contributed by atoms with E-state index in [1.807, 2.05) is 25.2 Å². The second-order valence-electron chi connectivity index (χ2n) is 9.97. The Morgan fingerprint density at radius 2 is 1.97 bits per heavy atom. The summed E-state index contributed by atoms with van der Waals surface area (Å²) in [6.07, 6.45) is 3.99. The third-order valence-corrected chi connectivity index (χ3v) is 7.26. The monoisotopic (exact) mass is 549 g/mol. The second-order valence-corrected chi connectivity index (χ2v) is 9.97. The number of hydrogen-bond acceptors (Lipinski definition) is 6. The number of amides is 2. The van der Waals surface area contributed by atoms with E-state index in [-0.39, 0.29) is 23.8 Å². The van der Waals surface area contributed by atoms with Crippen molar-refractivity contribution in [1.29, 1.82) is 0 Å². The molecule has 0 spiro atoms. The van der Waals surface area contributed by atoms with Crippen LogP contribution in [-0.4, -0.2) is 61.5 Å². The molecule has 3 rings (SSSR count). The SMILES string of the molecule is C=C(CC)C(=Nc1cc2c(cn1)N(C)C(=O)C(CC)N2C1CCCC1)C(=CC(C)C(=O)NCC(F)(F)F)OC. The highest BCUT2D eigenvalue weighted by Crippen LogP contribution is 2.42. The highest BCUT2D eigenvalue weighted by molar-refractivity contribution is 6.12. The van der Waals surface area contributed by atoms with Crippen molar-refractivity contribution in [3.63, 3.8) is 0 Å². The van der Waals surface area contributed by atoms with E-state index in [1.165, 1.54) is 20.1 Å². The number of anilines is 2. The minimum atomic E-state index is -4.51. The zero-order valence-electron chi connectivity index (χ0n) is 23.3. The van der Waals surface area contributed by atoms with Gasteiger partial charge >= 0.3 is 6.18 Å². The molecule has 1 fully saturated rings. The van der Waals surface area contributed by atoms with Crippen molar-refractivity contribution in [3.05, 3.63) is 36.3 Å². The van der Waals surface area contributed by atoms with E-state index in [0.717, 1.165) is 31.4 Å². The van der Waals surface area contributed by atoms with Gasteiger partial charge < -0.3 is 19.9 Å². The van der Waals surface area contributed by atoms with Gasteiger partial charge in [0.15, 0.2) is 5.82 Å². The molecule has 0 bridgehead atoms. The van der Waals surface area contributed by atoms with E-state index in [9.17, 15) is 22.8 Å². The molecule has 2 amide bonds. The maximum Gasteiger partial charge on any atom is 0.405 e. The number of aromatic nitrogens is 1. The minimum Gasteiger partial charge on any atom is -0.495 e. The Kier molecular flexibility index (Phi) is 9.79. The first-order valence-electron chi connectivity index (χ1n) is 13.3. The van der Waals surface area contributed by atoms with Crippen LogP contribution in [0.25, 0.3) is 0 Å². The number of fused-ring (bicyclic) bond motifs is 1. The Bertz CT molecular complexity index is 1140. The Balaban J connectivity index is 2.03. The number of halogens is 3. The lowest BCUT2D eigenvalue weighted by Crippen LogP contribution is -2.55. The average molecular weight is 550 g/mol. The molecule has 0 radical (unpaired) electrons. The molecule has 0 saturated heterocycles. The van der Waals surface area contributed by atoms with E-state index in [1.54, 1.807) is 18.1 Å². The molecule has 39 heavy (non-hydrogen) atoms. The summed E-state index contributed by atoms with van der Waals surface area (Å²) in [6, 6.07) is 1.83. The first-order chi connectivity index (χ1) is 18.4. The molecule has 1 aromatic heterocycles. The van der Waals surface area contributed by atoms with Crippen molar-refractivity contribution in [2.24, 2.45) is 10.9 Å². The number of hydrogen-bond donors (Lipinski definition) is 1. The summed E-state index contributed by atoms with van der Waals surface area (Å²) in [7, 11) is 3.15. The molecular weight excluding hydrogens is 511 g/mol. The van der Waals surface area contributed by atoms with Gasteiger partial charge in [-0.25, -0.2) is 9.98 Å². The minimum absolute atomic E-state index is 0.0393. The summed E-state index contributed by atoms with van der Waals surface area (Å²) in [4.78, 5) is 38.5. The van der Waals surface area contributed by atoms with Crippen LogP contribution in [0.1, 0.15) is 59.3 Å². The van der Waals surface area contributed by atoms with E-state index < -0.39 is 24.5 Å². The van der Waals surface area contributed by atoms with Gasteiger partial charge in [0.05, 0.1) is 30.6 Å². The third kappa shape index (κ3) is 6.99. The molecule has 11 heteroatoms. The molecule has 1 aliphatic carbocycles. The van der Waals surface area contributed by atoms with Crippen molar-refractivity contribution in [2.75, 3.05) is 30.5 Å². The lowest BCUT2D eigenvalue weighted by Gasteiger charge is -2.44. The normalized spacial score (nSPS) is 19.7. The number of carbonyl (C=O) groups is 2. The summed E-state index contributed by atoms with van der Waals surface area (Å²) in [5.41, 5.74) is 2.55. The quantitative estimate of drug-likeness (QED) is 0.309. The van der Waals surface area contributed by atoms with Gasteiger partial charge in [0.25, 0.3) is 0 Å². The molecule has 1 saturated carbocycles. The molecular formula is C28H38F3N5O3. The standard InChI is InChI=1S/C28H38F3N5O3/c1-7-17(3)25(23(39-6)13-18(4)26(37)33-16-28(29,30)31)34-24-14-21-22(15-32-24)35(5)27(38)20(8-2)36(21)19-11-9-10-12-19/h13-15,18-20H,3,7-12,16H2,1-2,4-6H3,(H,33,37). The third-order valence-electron chi connectivity index (χ3n) is 7.26. The Morgan fingerprint density at radius 1 is 1.31 bits per heavy atom.